The second kappa shape index (κ2) is 7.99. The molecule has 1 aliphatic carbocycles. The molecule has 1 fully saturated rings. The number of carbonyl (C=O) groups excluding carboxylic acids is 2. The molecule has 0 radical (unpaired) electrons. The molecule has 5 heteroatoms. The fourth-order valence-electron chi connectivity index (χ4n) is 2.92. The summed E-state index contributed by atoms with van der Waals surface area (Å²) in [5, 5.41) is 3.01. The van der Waals surface area contributed by atoms with Crippen molar-refractivity contribution < 1.29 is 19.1 Å². The van der Waals surface area contributed by atoms with E-state index in [1.54, 1.807) is 31.2 Å². The number of rotatable bonds is 5. The Morgan fingerprint density at radius 1 is 1.22 bits per heavy atom. The Balaban J connectivity index is 1.93. The van der Waals surface area contributed by atoms with Crippen LogP contribution in [0.4, 0.5) is 0 Å². The average molecular weight is 319 g/mol. The maximum Gasteiger partial charge on any atom is 0.342 e. The fraction of sp³-hybridized carbons (Fsp3) is 0.556. The van der Waals surface area contributed by atoms with Crippen molar-refractivity contribution in [2.75, 3.05) is 7.11 Å². The third-order valence-electron chi connectivity index (χ3n) is 4.42. The third-order valence-corrected chi connectivity index (χ3v) is 4.42. The lowest BCUT2D eigenvalue weighted by Gasteiger charge is -2.30. The highest BCUT2D eigenvalue weighted by Gasteiger charge is 2.27. The van der Waals surface area contributed by atoms with E-state index in [-0.39, 0.29) is 11.9 Å². The number of hydrogen-bond acceptors (Lipinski definition) is 4. The van der Waals surface area contributed by atoms with Gasteiger partial charge in [0.05, 0.1) is 7.11 Å². The van der Waals surface area contributed by atoms with E-state index in [2.05, 4.69) is 12.2 Å². The molecule has 0 aliphatic heterocycles. The molecule has 5 nitrogen and oxygen atoms in total. The molecule has 0 unspecified atom stereocenters. The summed E-state index contributed by atoms with van der Waals surface area (Å²) >= 11 is 0. The summed E-state index contributed by atoms with van der Waals surface area (Å²) in [5.41, 5.74) is 0.320. The molecular formula is C18H25NO4. The zero-order valence-corrected chi connectivity index (χ0v) is 14.0. The maximum absolute atomic E-state index is 12.3. The molecular weight excluding hydrogens is 294 g/mol. The van der Waals surface area contributed by atoms with Crippen molar-refractivity contribution in [1.29, 1.82) is 0 Å². The molecule has 1 aromatic rings. The zero-order chi connectivity index (χ0) is 16.8. The van der Waals surface area contributed by atoms with Crippen molar-refractivity contribution in [3.05, 3.63) is 29.8 Å². The monoisotopic (exact) mass is 319 g/mol. The van der Waals surface area contributed by atoms with Crippen LogP contribution in [0, 0.1) is 5.92 Å². The second-order valence-corrected chi connectivity index (χ2v) is 6.12. The van der Waals surface area contributed by atoms with Crippen LogP contribution >= 0.6 is 0 Å². The van der Waals surface area contributed by atoms with Crippen LogP contribution in [0.15, 0.2) is 24.3 Å². The van der Waals surface area contributed by atoms with Gasteiger partial charge in [0, 0.05) is 6.04 Å². The minimum Gasteiger partial charge on any atom is -0.496 e. The number of methoxy groups -OCH3 is 1. The molecule has 3 atom stereocenters. The Hall–Kier alpha value is -2.04. The topological polar surface area (TPSA) is 64.6 Å². The van der Waals surface area contributed by atoms with Crippen LogP contribution in [-0.2, 0) is 9.53 Å². The molecule has 1 saturated carbocycles. The van der Waals surface area contributed by atoms with Gasteiger partial charge in [-0.3, -0.25) is 4.79 Å². The first-order valence-electron chi connectivity index (χ1n) is 8.17. The molecule has 23 heavy (non-hydrogen) atoms. The summed E-state index contributed by atoms with van der Waals surface area (Å²) in [7, 11) is 1.49. The van der Waals surface area contributed by atoms with E-state index in [0.29, 0.717) is 17.2 Å². The molecule has 0 aromatic heterocycles. The van der Waals surface area contributed by atoms with Crippen LogP contribution in [0.2, 0.25) is 0 Å². The van der Waals surface area contributed by atoms with E-state index in [0.717, 1.165) is 19.3 Å². The summed E-state index contributed by atoms with van der Waals surface area (Å²) in [5.74, 6) is 0.102. The van der Waals surface area contributed by atoms with Gasteiger partial charge in [0.1, 0.15) is 11.3 Å². The molecule has 0 heterocycles. The zero-order valence-electron chi connectivity index (χ0n) is 14.0. The Morgan fingerprint density at radius 2 is 1.91 bits per heavy atom. The lowest BCUT2D eigenvalue weighted by atomic mass is 9.86. The molecule has 1 N–H and O–H groups in total. The minimum atomic E-state index is -0.832. The number of amides is 1. The van der Waals surface area contributed by atoms with E-state index < -0.39 is 12.1 Å². The van der Waals surface area contributed by atoms with Crippen molar-refractivity contribution in [3.8, 4) is 5.75 Å². The molecule has 1 aromatic carbocycles. The molecule has 1 aliphatic rings. The number of benzene rings is 1. The lowest BCUT2D eigenvalue weighted by molar-refractivity contribution is -0.130. The van der Waals surface area contributed by atoms with Crippen molar-refractivity contribution in [1.82, 2.24) is 5.32 Å². The van der Waals surface area contributed by atoms with Crippen molar-refractivity contribution in [2.24, 2.45) is 5.92 Å². The van der Waals surface area contributed by atoms with E-state index in [9.17, 15) is 9.59 Å². The SMILES string of the molecule is COc1ccccc1C(=O)O[C@H](C)C(=O)N[C@@H]1CCCC[C@@H]1C. The van der Waals surface area contributed by atoms with Gasteiger partial charge in [-0.15, -0.1) is 0 Å². The van der Waals surface area contributed by atoms with Gasteiger partial charge in [-0.2, -0.15) is 0 Å². The average Bonchev–Trinajstić information content (AvgIpc) is 2.56. The number of hydrogen-bond donors (Lipinski definition) is 1. The van der Waals surface area contributed by atoms with Crippen LogP contribution < -0.4 is 10.1 Å². The van der Waals surface area contributed by atoms with Gasteiger partial charge in [-0.1, -0.05) is 31.9 Å². The number of carbonyl (C=O) groups is 2. The molecule has 126 valence electrons. The lowest BCUT2D eigenvalue weighted by Crippen LogP contribution is -2.46. The Kier molecular flexibility index (Phi) is 6.02. The van der Waals surface area contributed by atoms with Crippen LogP contribution in [0.1, 0.15) is 49.9 Å². The Morgan fingerprint density at radius 3 is 2.61 bits per heavy atom. The largest absolute Gasteiger partial charge is 0.496 e. The van der Waals surface area contributed by atoms with Gasteiger partial charge < -0.3 is 14.8 Å². The van der Waals surface area contributed by atoms with Crippen LogP contribution in [0.5, 0.6) is 5.75 Å². The van der Waals surface area contributed by atoms with E-state index >= 15 is 0 Å². The fourth-order valence-corrected chi connectivity index (χ4v) is 2.92. The van der Waals surface area contributed by atoms with Crippen LogP contribution in [-0.4, -0.2) is 31.1 Å². The molecule has 0 saturated heterocycles. The summed E-state index contributed by atoms with van der Waals surface area (Å²) in [6.07, 6.45) is 3.62. The number of nitrogens with one attached hydrogen (secondary N) is 1. The smallest absolute Gasteiger partial charge is 0.342 e. The standard InChI is InChI=1S/C18H25NO4/c1-12-8-4-6-10-15(12)19-17(20)13(2)23-18(21)14-9-5-7-11-16(14)22-3/h5,7,9,11-13,15H,4,6,8,10H2,1-3H3,(H,19,20)/t12-,13+,15+/m0/s1. The van der Waals surface area contributed by atoms with E-state index in [4.69, 9.17) is 9.47 Å². The van der Waals surface area contributed by atoms with Gasteiger partial charge in [-0.25, -0.2) is 4.79 Å². The van der Waals surface area contributed by atoms with Gasteiger partial charge >= 0.3 is 5.97 Å². The highest BCUT2D eigenvalue weighted by atomic mass is 16.5. The quantitative estimate of drug-likeness (QED) is 0.848. The maximum atomic E-state index is 12.3. The Labute approximate surface area is 137 Å². The predicted octanol–water partition coefficient (Wildman–Crippen LogP) is 2.94. The number of ether oxygens (including phenoxy) is 2. The van der Waals surface area contributed by atoms with Gasteiger partial charge in [0.2, 0.25) is 0 Å². The molecule has 0 spiro atoms. The first kappa shape index (κ1) is 17.3. The van der Waals surface area contributed by atoms with Crippen molar-refractivity contribution in [2.45, 2.75) is 51.7 Å². The first-order chi connectivity index (χ1) is 11.0. The van der Waals surface area contributed by atoms with Crippen molar-refractivity contribution >= 4 is 11.9 Å². The third kappa shape index (κ3) is 4.47. The first-order valence-corrected chi connectivity index (χ1v) is 8.17. The highest BCUT2D eigenvalue weighted by Crippen LogP contribution is 2.24. The van der Waals surface area contributed by atoms with E-state index in [1.807, 2.05) is 0 Å². The second-order valence-electron chi connectivity index (χ2n) is 6.12. The molecule has 0 bridgehead atoms. The van der Waals surface area contributed by atoms with Gasteiger partial charge in [0.15, 0.2) is 6.10 Å². The summed E-state index contributed by atoms with van der Waals surface area (Å²) in [6.45, 7) is 3.74. The summed E-state index contributed by atoms with van der Waals surface area (Å²) in [4.78, 5) is 24.5. The molecule has 2 rings (SSSR count). The molecule has 1 amide bonds. The van der Waals surface area contributed by atoms with Gasteiger partial charge in [-0.05, 0) is 37.8 Å². The summed E-state index contributed by atoms with van der Waals surface area (Å²) < 4.78 is 10.4. The predicted molar refractivity (Wildman–Crippen MR) is 87.4 cm³/mol. The van der Waals surface area contributed by atoms with Crippen LogP contribution in [0.25, 0.3) is 0 Å². The number of esters is 1. The number of para-hydroxylation sites is 1. The minimum absolute atomic E-state index is 0.170. The van der Waals surface area contributed by atoms with Gasteiger partial charge in [0.25, 0.3) is 5.91 Å². The van der Waals surface area contributed by atoms with E-state index in [1.165, 1.54) is 13.5 Å². The van der Waals surface area contributed by atoms with Crippen LogP contribution in [0.3, 0.4) is 0 Å². The Bertz CT molecular complexity index is 558. The normalized spacial score (nSPS) is 22.0. The summed E-state index contributed by atoms with van der Waals surface area (Å²) in [6, 6.07) is 6.98. The van der Waals surface area contributed by atoms with Crippen molar-refractivity contribution in [3.63, 3.8) is 0 Å². The highest BCUT2D eigenvalue weighted by molar-refractivity contribution is 5.94.